The van der Waals surface area contributed by atoms with Gasteiger partial charge in [-0.3, -0.25) is 0 Å². The van der Waals surface area contributed by atoms with Crippen molar-refractivity contribution in [2.75, 3.05) is 13.2 Å². The Morgan fingerprint density at radius 3 is 2.94 bits per heavy atom. The van der Waals surface area contributed by atoms with Crippen molar-refractivity contribution < 1.29 is 4.74 Å². The minimum atomic E-state index is 0.188. The Hall–Kier alpha value is -0.450. The lowest BCUT2D eigenvalue weighted by atomic mass is 9.98. The quantitative estimate of drug-likeness (QED) is 0.855. The number of fused-ring (bicyclic) bond motifs is 1. The Labute approximate surface area is 114 Å². The zero-order valence-electron chi connectivity index (χ0n) is 11.7. The molecule has 0 saturated heterocycles. The maximum Gasteiger partial charge on any atom is 0.122 e. The average Bonchev–Trinajstić information content (AvgIpc) is 2.81. The Morgan fingerprint density at radius 1 is 1.44 bits per heavy atom. The first-order valence-corrected chi connectivity index (χ1v) is 7.96. The van der Waals surface area contributed by atoms with Crippen molar-refractivity contribution in [3.8, 4) is 0 Å². The van der Waals surface area contributed by atoms with Crippen molar-refractivity contribution in [3.63, 3.8) is 0 Å². The fraction of sp³-hybridized carbons (Fsp3) is 0.786. The van der Waals surface area contributed by atoms with Gasteiger partial charge >= 0.3 is 0 Å². The number of hydrogen-bond acceptors (Lipinski definition) is 4. The van der Waals surface area contributed by atoms with E-state index in [1.54, 1.807) is 0 Å². The topological polar surface area (TPSA) is 34.2 Å². The number of aromatic nitrogens is 1. The lowest BCUT2D eigenvalue weighted by molar-refractivity contribution is 0.0595. The maximum atomic E-state index is 5.78. The SMILES string of the molecule is CCNC1CCCc2nc(C(CC)OCC)sc21. The normalized spacial score (nSPS) is 20.7. The molecule has 2 rings (SSSR count). The van der Waals surface area contributed by atoms with Crippen molar-refractivity contribution in [1.82, 2.24) is 10.3 Å². The average molecular weight is 268 g/mol. The second-order valence-corrected chi connectivity index (χ2v) is 5.78. The van der Waals surface area contributed by atoms with Crippen LogP contribution < -0.4 is 5.32 Å². The number of aryl methyl sites for hydroxylation is 1. The third-order valence-electron chi connectivity index (χ3n) is 3.43. The van der Waals surface area contributed by atoms with E-state index in [0.29, 0.717) is 6.04 Å². The van der Waals surface area contributed by atoms with E-state index < -0.39 is 0 Å². The van der Waals surface area contributed by atoms with Crippen molar-refractivity contribution in [3.05, 3.63) is 15.6 Å². The molecule has 3 nitrogen and oxygen atoms in total. The van der Waals surface area contributed by atoms with Crippen LogP contribution in [-0.4, -0.2) is 18.1 Å². The predicted octanol–water partition coefficient (Wildman–Crippen LogP) is 3.62. The Balaban J connectivity index is 2.20. The summed E-state index contributed by atoms with van der Waals surface area (Å²) < 4.78 is 5.78. The first kappa shape index (κ1) is 14.0. The van der Waals surface area contributed by atoms with Crippen LogP contribution in [0.25, 0.3) is 0 Å². The highest BCUT2D eigenvalue weighted by Crippen LogP contribution is 2.37. The van der Waals surface area contributed by atoms with Crippen LogP contribution in [-0.2, 0) is 11.2 Å². The molecule has 1 heterocycles. The third kappa shape index (κ3) is 2.92. The summed E-state index contributed by atoms with van der Waals surface area (Å²) in [5, 5.41) is 4.75. The van der Waals surface area contributed by atoms with Crippen LogP contribution in [0, 0.1) is 0 Å². The zero-order chi connectivity index (χ0) is 13.0. The van der Waals surface area contributed by atoms with E-state index >= 15 is 0 Å². The fourth-order valence-corrected chi connectivity index (χ4v) is 3.94. The molecular weight excluding hydrogens is 244 g/mol. The molecule has 2 atom stereocenters. The molecule has 0 spiro atoms. The van der Waals surface area contributed by atoms with Gasteiger partial charge in [0.25, 0.3) is 0 Å². The highest BCUT2D eigenvalue weighted by atomic mass is 32.1. The highest BCUT2D eigenvalue weighted by molar-refractivity contribution is 7.11. The van der Waals surface area contributed by atoms with E-state index in [9.17, 15) is 0 Å². The van der Waals surface area contributed by atoms with Gasteiger partial charge in [0.15, 0.2) is 0 Å². The van der Waals surface area contributed by atoms with Crippen LogP contribution in [0.3, 0.4) is 0 Å². The summed E-state index contributed by atoms with van der Waals surface area (Å²) in [5.74, 6) is 0. The van der Waals surface area contributed by atoms with E-state index in [1.807, 2.05) is 11.3 Å². The number of nitrogens with zero attached hydrogens (tertiary/aromatic N) is 1. The molecule has 0 aromatic carbocycles. The van der Waals surface area contributed by atoms with E-state index in [0.717, 1.165) is 26.0 Å². The summed E-state index contributed by atoms with van der Waals surface area (Å²) in [7, 11) is 0. The number of ether oxygens (including phenoxy) is 1. The lowest BCUT2D eigenvalue weighted by Crippen LogP contribution is -2.23. The fourth-order valence-electron chi connectivity index (χ4n) is 2.58. The molecule has 1 N–H and O–H groups in total. The molecule has 18 heavy (non-hydrogen) atoms. The number of hydrogen-bond donors (Lipinski definition) is 1. The van der Waals surface area contributed by atoms with Gasteiger partial charge in [0.05, 0.1) is 5.69 Å². The largest absolute Gasteiger partial charge is 0.371 e. The van der Waals surface area contributed by atoms with Gasteiger partial charge in [-0.2, -0.15) is 0 Å². The van der Waals surface area contributed by atoms with Gasteiger partial charge < -0.3 is 10.1 Å². The van der Waals surface area contributed by atoms with E-state index in [-0.39, 0.29) is 6.10 Å². The lowest BCUT2D eigenvalue weighted by Gasteiger charge is -2.21. The number of thiazole rings is 1. The highest BCUT2D eigenvalue weighted by Gasteiger charge is 2.26. The standard InChI is InChI=1S/C14H24N2OS/c1-4-12(17-6-3)14-16-11-9-7-8-10(15-5-2)13(11)18-14/h10,12,15H,4-9H2,1-3H3. The summed E-state index contributed by atoms with van der Waals surface area (Å²) >= 11 is 1.86. The molecule has 0 radical (unpaired) electrons. The minimum Gasteiger partial charge on any atom is -0.371 e. The Bertz CT molecular complexity index is 378. The van der Waals surface area contributed by atoms with Crippen LogP contribution in [0.4, 0.5) is 0 Å². The molecule has 0 amide bonds. The molecule has 2 unspecified atom stereocenters. The van der Waals surface area contributed by atoms with Crippen LogP contribution in [0.15, 0.2) is 0 Å². The second kappa shape index (κ2) is 6.64. The van der Waals surface area contributed by atoms with Gasteiger partial charge in [0.1, 0.15) is 11.1 Å². The van der Waals surface area contributed by atoms with Gasteiger partial charge in [0, 0.05) is 17.5 Å². The molecule has 0 saturated carbocycles. The monoisotopic (exact) mass is 268 g/mol. The molecule has 1 aromatic heterocycles. The molecule has 0 bridgehead atoms. The van der Waals surface area contributed by atoms with Crippen molar-refractivity contribution >= 4 is 11.3 Å². The van der Waals surface area contributed by atoms with E-state index in [2.05, 4.69) is 26.1 Å². The second-order valence-electron chi connectivity index (χ2n) is 4.72. The third-order valence-corrected chi connectivity index (χ3v) is 4.73. The summed E-state index contributed by atoms with van der Waals surface area (Å²) in [6, 6.07) is 0.518. The van der Waals surface area contributed by atoms with E-state index in [4.69, 9.17) is 9.72 Å². The molecule has 102 valence electrons. The molecular formula is C14H24N2OS. The van der Waals surface area contributed by atoms with Crippen molar-refractivity contribution in [2.45, 2.75) is 58.6 Å². The molecule has 0 aliphatic heterocycles. The van der Waals surface area contributed by atoms with Crippen molar-refractivity contribution in [2.24, 2.45) is 0 Å². The van der Waals surface area contributed by atoms with Crippen LogP contribution in [0.5, 0.6) is 0 Å². The van der Waals surface area contributed by atoms with Gasteiger partial charge in [-0.15, -0.1) is 11.3 Å². The first-order valence-electron chi connectivity index (χ1n) is 7.14. The smallest absolute Gasteiger partial charge is 0.122 e. The molecule has 0 fully saturated rings. The Kier molecular flexibility index (Phi) is 5.15. The van der Waals surface area contributed by atoms with Crippen molar-refractivity contribution in [1.29, 1.82) is 0 Å². The summed E-state index contributed by atoms with van der Waals surface area (Å²) in [4.78, 5) is 6.28. The molecule has 1 aliphatic carbocycles. The van der Waals surface area contributed by atoms with Gasteiger partial charge in [-0.25, -0.2) is 4.98 Å². The number of rotatable bonds is 6. The van der Waals surface area contributed by atoms with Crippen LogP contribution in [0.1, 0.15) is 67.8 Å². The maximum absolute atomic E-state index is 5.78. The first-order chi connectivity index (χ1) is 8.80. The summed E-state index contributed by atoms with van der Waals surface area (Å²) in [6.07, 6.45) is 4.82. The molecule has 1 aromatic rings. The summed E-state index contributed by atoms with van der Waals surface area (Å²) in [6.45, 7) is 8.19. The van der Waals surface area contributed by atoms with Gasteiger partial charge in [0.2, 0.25) is 0 Å². The predicted molar refractivity (Wildman–Crippen MR) is 76.1 cm³/mol. The van der Waals surface area contributed by atoms with Crippen LogP contribution in [0.2, 0.25) is 0 Å². The zero-order valence-corrected chi connectivity index (χ0v) is 12.5. The van der Waals surface area contributed by atoms with Gasteiger partial charge in [-0.05, 0) is 39.2 Å². The molecule has 1 aliphatic rings. The summed E-state index contributed by atoms with van der Waals surface area (Å²) in [5.41, 5.74) is 1.31. The number of nitrogens with one attached hydrogen (secondary N) is 1. The Morgan fingerprint density at radius 2 is 2.28 bits per heavy atom. The molecule has 4 heteroatoms. The van der Waals surface area contributed by atoms with Gasteiger partial charge in [-0.1, -0.05) is 13.8 Å². The minimum absolute atomic E-state index is 0.188. The van der Waals surface area contributed by atoms with E-state index in [1.165, 1.54) is 28.4 Å². The van der Waals surface area contributed by atoms with Crippen LogP contribution >= 0.6 is 11.3 Å².